The lowest BCUT2D eigenvalue weighted by Crippen LogP contribution is -2.08. The molecule has 3 nitrogen and oxygen atoms in total. The summed E-state index contributed by atoms with van der Waals surface area (Å²) in [6.45, 7) is 2.09. The van der Waals surface area contributed by atoms with Crippen LogP contribution >= 0.6 is 22.6 Å². The molecule has 16 heavy (non-hydrogen) atoms. The van der Waals surface area contributed by atoms with Crippen LogP contribution in [-0.2, 0) is 0 Å². The minimum atomic E-state index is 0.131. The second kappa shape index (κ2) is 4.97. The van der Waals surface area contributed by atoms with Crippen molar-refractivity contribution in [1.82, 2.24) is 9.78 Å². The Balaban J connectivity index is 2.25. The second-order valence-corrected chi connectivity index (χ2v) is 4.96. The molecule has 2 aromatic rings. The average molecular weight is 327 g/mol. The van der Waals surface area contributed by atoms with E-state index in [1.165, 1.54) is 5.56 Å². The van der Waals surface area contributed by atoms with E-state index in [1.54, 1.807) is 0 Å². The molecule has 0 spiro atoms. The third-order valence-electron chi connectivity index (χ3n) is 2.58. The second-order valence-electron chi connectivity index (χ2n) is 3.71. The summed E-state index contributed by atoms with van der Waals surface area (Å²) in [5.41, 5.74) is 8.20. The number of rotatable bonds is 3. The Labute approximate surface area is 109 Å². The predicted octanol–water partition coefficient (Wildman–Crippen LogP) is 2.89. The fraction of sp³-hybridized carbons (Fsp3) is 0.250. The van der Waals surface area contributed by atoms with Gasteiger partial charge in [0.1, 0.15) is 0 Å². The van der Waals surface area contributed by atoms with Crippen molar-refractivity contribution in [2.24, 2.45) is 5.73 Å². The van der Waals surface area contributed by atoms with Crippen molar-refractivity contribution < 1.29 is 0 Å². The summed E-state index contributed by atoms with van der Waals surface area (Å²) in [6, 6.07) is 8.37. The van der Waals surface area contributed by atoms with E-state index >= 15 is 0 Å². The van der Waals surface area contributed by atoms with Gasteiger partial charge in [0.25, 0.3) is 0 Å². The third kappa shape index (κ3) is 2.44. The number of nitrogens with two attached hydrogens (primary N) is 1. The number of hydrogen-bond donors (Lipinski definition) is 1. The highest BCUT2D eigenvalue weighted by atomic mass is 127. The van der Waals surface area contributed by atoms with E-state index in [2.05, 4.69) is 46.7 Å². The lowest BCUT2D eigenvalue weighted by molar-refractivity contribution is 0.698. The van der Waals surface area contributed by atoms with Gasteiger partial charge in [-0.25, -0.2) is 4.68 Å². The Morgan fingerprint density at radius 1 is 1.38 bits per heavy atom. The van der Waals surface area contributed by atoms with Crippen LogP contribution in [0.3, 0.4) is 0 Å². The summed E-state index contributed by atoms with van der Waals surface area (Å²) in [6.07, 6.45) is 4.79. The molecule has 84 valence electrons. The van der Waals surface area contributed by atoms with Crippen molar-refractivity contribution in [2.45, 2.75) is 19.4 Å². The first kappa shape index (κ1) is 11.6. The highest BCUT2D eigenvalue weighted by molar-refractivity contribution is 14.1. The molecule has 0 saturated heterocycles. The summed E-state index contributed by atoms with van der Waals surface area (Å²) in [7, 11) is 0. The molecule has 0 bridgehead atoms. The molecule has 2 N–H and O–H groups in total. The minimum absolute atomic E-state index is 0.131. The molecule has 0 aliphatic rings. The highest BCUT2D eigenvalue weighted by Gasteiger charge is 2.03. The molecule has 0 amide bonds. The Kier molecular flexibility index (Phi) is 3.60. The minimum Gasteiger partial charge on any atom is -0.324 e. The van der Waals surface area contributed by atoms with Crippen LogP contribution in [0.15, 0.2) is 36.7 Å². The molecule has 1 atom stereocenters. The summed E-state index contributed by atoms with van der Waals surface area (Å²) >= 11 is 2.25. The van der Waals surface area contributed by atoms with Gasteiger partial charge in [-0.05, 0) is 46.7 Å². The van der Waals surface area contributed by atoms with Gasteiger partial charge in [-0.15, -0.1) is 0 Å². The standard InChI is InChI=1S/C12H14IN3/c1-2-12(14)9-3-5-11(6-4-9)16-8-10(13)7-15-16/h3-8,12H,2,14H2,1H3/t12-/m0/s1. The summed E-state index contributed by atoms with van der Waals surface area (Å²) in [4.78, 5) is 0. The maximum atomic E-state index is 5.96. The maximum absolute atomic E-state index is 5.96. The molecule has 1 aromatic carbocycles. The van der Waals surface area contributed by atoms with E-state index in [1.807, 2.05) is 29.2 Å². The summed E-state index contributed by atoms with van der Waals surface area (Å²) < 4.78 is 3.00. The SMILES string of the molecule is CC[C@H](N)c1ccc(-n2cc(I)cn2)cc1. The van der Waals surface area contributed by atoms with E-state index < -0.39 is 0 Å². The molecule has 0 aliphatic carbocycles. The highest BCUT2D eigenvalue weighted by Crippen LogP contribution is 2.16. The van der Waals surface area contributed by atoms with Gasteiger partial charge < -0.3 is 5.73 Å². The van der Waals surface area contributed by atoms with Crippen LogP contribution in [0.4, 0.5) is 0 Å². The molecule has 2 rings (SSSR count). The van der Waals surface area contributed by atoms with E-state index in [9.17, 15) is 0 Å². The molecule has 0 aliphatic heterocycles. The smallest absolute Gasteiger partial charge is 0.0646 e. The zero-order valence-corrected chi connectivity index (χ0v) is 11.3. The Morgan fingerprint density at radius 3 is 2.56 bits per heavy atom. The van der Waals surface area contributed by atoms with Gasteiger partial charge in [0, 0.05) is 12.2 Å². The maximum Gasteiger partial charge on any atom is 0.0646 e. The van der Waals surface area contributed by atoms with E-state index in [0.29, 0.717) is 0 Å². The van der Waals surface area contributed by atoms with Gasteiger partial charge in [-0.1, -0.05) is 19.1 Å². The third-order valence-corrected chi connectivity index (χ3v) is 3.13. The molecule has 0 unspecified atom stereocenters. The van der Waals surface area contributed by atoms with Crippen LogP contribution < -0.4 is 5.73 Å². The van der Waals surface area contributed by atoms with Gasteiger partial charge in [-0.2, -0.15) is 5.10 Å². The van der Waals surface area contributed by atoms with Crippen molar-refractivity contribution in [3.8, 4) is 5.69 Å². The average Bonchev–Trinajstić information content (AvgIpc) is 2.75. The van der Waals surface area contributed by atoms with Crippen molar-refractivity contribution in [2.75, 3.05) is 0 Å². The van der Waals surface area contributed by atoms with Crippen LogP contribution in [0.25, 0.3) is 5.69 Å². The van der Waals surface area contributed by atoms with Gasteiger partial charge in [-0.3, -0.25) is 0 Å². The van der Waals surface area contributed by atoms with Gasteiger partial charge in [0.15, 0.2) is 0 Å². The number of benzene rings is 1. The molecule has 0 fully saturated rings. The van der Waals surface area contributed by atoms with Crippen LogP contribution in [0.5, 0.6) is 0 Å². The van der Waals surface area contributed by atoms with Gasteiger partial charge in [0.2, 0.25) is 0 Å². The molecule has 0 saturated carbocycles. The Morgan fingerprint density at radius 2 is 2.06 bits per heavy atom. The number of aromatic nitrogens is 2. The normalized spacial score (nSPS) is 12.7. The number of hydrogen-bond acceptors (Lipinski definition) is 2. The zero-order chi connectivity index (χ0) is 11.5. The van der Waals surface area contributed by atoms with Crippen molar-refractivity contribution in [3.63, 3.8) is 0 Å². The molecule has 0 radical (unpaired) electrons. The number of halogens is 1. The van der Waals surface area contributed by atoms with Crippen LogP contribution in [0.2, 0.25) is 0 Å². The topological polar surface area (TPSA) is 43.8 Å². The molecule has 4 heteroatoms. The fourth-order valence-electron chi connectivity index (χ4n) is 1.55. The quantitative estimate of drug-likeness (QED) is 0.881. The predicted molar refractivity (Wildman–Crippen MR) is 73.5 cm³/mol. The number of nitrogens with zero attached hydrogens (tertiary/aromatic N) is 2. The Bertz CT molecular complexity index is 461. The van der Waals surface area contributed by atoms with Crippen molar-refractivity contribution >= 4 is 22.6 Å². The molecule has 1 aromatic heterocycles. The fourth-order valence-corrected chi connectivity index (χ4v) is 1.94. The van der Waals surface area contributed by atoms with Crippen LogP contribution in [0, 0.1) is 3.57 Å². The Hall–Kier alpha value is -0.880. The van der Waals surface area contributed by atoms with E-state index in [0.717, 1.165) is 15.7 Å². The summed E-state index contributed by atoms with van der Waals surface area (Å²) in [5, 5.41) is 4.26. The first-order valence-corrected chi connectivity index (χ1v) is 6.34. The summed E-state index contributed by atoms with van der Waals surface area (Å²) in [5.74, 6) is 0. The largest absolute Gasteiger partial charge is 0.324 e. The molecule has 1 heterocycles. The van der Waals surface area contributed by atoms with Crippen LogP contribution in [0.1, 0.15) is 24.9 Å². The molecular formula is C12H14IN3. The van der Waals surface area contributed by atoms with Gasteiger partial charge in [0.05, 0.1) is 15.5 Å². The monoisotopic (exact) mass is 327 g/mol. The van der Waals surface area contributed by atoms with E-state index in [4.69, 9.17) is 5.73 Å². The van der Waals surface area contributed by atoms with Crippen molar-refractivity contribution in [1.29, 1.82) is 0 Å². The lowest BCUT2D eigenvalue weighted by atomic mass is 10.1. The molecular weight excluding hydrogens is 313 g/mol. The first-order valence-electron chi connectivity index (χ1n) is 5.27. The van der Waals surface area contributed by atoms with E-state index in [-0.39, 0.29) is 6.04 Å². The first-order chi connectivity index (χ1) is 7.70. The lowest BCUT2D eigenvalue weighted by Gasteiger charge is -2.09. The van der Waals surface area contributed by atoms with Gasteiger partial charge >= 0.3 is 0 Å². The van der Waals surface area contributed by atoms with Crippen molar-refractivity contribution in [3.05, 3.63) is 45.8 Å². The zero-order valence-electron chi connectivity index (χ0n) is 9.10. The van der Waals surface area contributed by atoms with Crippen LogP contribution in [-0.4, -0.2) is 9.78 Å².